The van der Waals surface area contributed by atoms with Gasteiger partial charge in [-0.3, -0.25) is 19.0 Å². The number of nitro groups is 1. The molecule has 1 fully saturated rings. The Morgan fingerprint density at radius 3 is 2.82 bits per heavy atom. The first-order chi connectivity index (χ1) is 8.07. The van der Waals surface area contributed by atoms with Gasteiger partial charge < -0.3 is 4.74 Å². The fourth-order valence-electron chi connectivity index (χ4n) is 1.90. The fraction of sp³-hybridized carbons (Fsp3) is 0.400. The SMILES string of the molecule is COc1cc([SH]2(=O)CCCN2)ccc1[N+](=O)[O-]. The monoisotopic (exact) mass is 258 g/mol. The van der Waals surface area contributed by atoms with Gasteiger partial charge in [0.05, 0.1) is 12.0 Å². The molecule has 1 aromatic carbocycles. The van der Waals surface area contributed by atoms with E-state index in [0.29, 0.717) is 10.6 Å². The maximum atomic E-state index is 12.4. The van der Waals surface area contributed by atoms with Crippen LogP contribution in [0.4, 0.5) is 5.69 Å². The standard InChI is InChI=1S/C10H14N2O4S/c1-16-10-7-8(3-4-9(10)12(13)14)17(15)6-2-5-11-17/h3-4,7,17H,2,5-6H2,1H3,(H,11,15). The second-order valence-corrected chi connectivity index (χ2v) is 6.60. The number of hydrogen-bond acceptors (Lipinski definition) is 4. The van der Waals surface area contributed by atoms with Gasteiger partial charge in [-0.15, -0.1) is 0 Å². The van der Waals surface area contributed by atoms with Crippen molar-refractivity contribution in [3.63, 3.8) is 0 Å². The highest BCUT2D eigenvalue weighted by molar-refractivity contribution is 8.01. The van der Waals surface area contributed by atoms with Gasteiger partial charge in [0.25, 0.3) is 0 Å². The summed E-state index contributed by atoms with van der Waals surface area (Å²) in [5, 5.41) is 10.7. The lowest BCUT2D eigenvalue weighted by atomic mass is 10.3. The number of thiol groups is 1. The number of methoxy groups -OCH3 is 1. The lowest BCUT2D eigenvalue weighted by Gasteiger charge is -2.18. The molecule has 6 nitrogen and oxygen atoms in total. The van der Waals surface area contributed by atoms with Crippen molar-refractivity contribution in [1.82, 2.24) is 4.72 Å². The van der Waals surface area contributed by atoms with Crippen LogP contribution in [0.2, 0.25) is 0 Å². The lowest BCUT2D eigenvalue weighted by molar-refractivity contribution is -0.385. The molecule has 2 rings (SSSR count). The summed E-state index contributed by atoms with van der Waals surface area (Å²) < 4.78 is 20.4. The van der Waals surface area contributed by atoms with Gasteiger partial charge in [0.15, 0.2) is 5.75 Å². The third-order valence-electron chi connectivity index (χ3n) is 2.79. The number of nitro benzene ring substituents is 1. The molecular formula is C10H14N2O4S. The second kappa shape index (κ2) is 4.42. The predicted octanol–water partition coefficient (Wildman–Crippen LogP) is 0.887. The normalized spacial score (nSPS) is 19.8. The highest BCUT2D eigenvalue weighted by Crippen LogP contribution is 2.32. The molecule has 1 aliphatic rings. The van der Waals surface area contributed by atoms with Gasteiger partial charge in [0.1, 0.15) is 0 Å². The lowest BCUT2D eigenvalue weighted by Crippen LogP contribution is -2.26. The van der Waals surface area contributed by atoms with Crippen molar-refractivity contribution < 1.29 is 13.9 Å². The van der Waals surface area contributed by atoms with Gasteiger partial charge in [-0.1, -0.05) is 0 Å². The Morgan fingerprint density at radius 2 is 2.29 bits per heavy atom. The Balaban J connectivity index is 2.44. The van der Waals surface area contributed by atoms with Crippen LogP contribution in [-0.4, -0.2) is 28.5 Å². The summed E-state index contributed by atoms with van der Waals surface area (Å²) in [5.41, 5.74) is -0.109. The largest absolute Gasteiger partial charge is 0.490 e. The van der Waals surface area contributed by atoms with Gasteiger partial charge in [-0.25, -0.2) is 0 Å². The van der Waals surface area contributed by atoms with Crippen molar-refractivity contribution in [2.75, 3.05) is 19.4 Å². The first-order valence-corrected chi connectivity index (χ1v) is 7.13. The third-order valence-corrected chi connectivity index (χ3v) is 5.59. The predicted molar refractivity (Wildman–Crippen MR) is 64.9 cm³/mol. The van der Waals surface area contributed by atoms with Gasteiger partial charge in [-0.2, -0.15) is 0 Å². The van der Waals surface area contributed by atoms with Crippen LogP contribution >= 0.6 is 0 Å². The number of rotatable bonds is 3. The molecule has 1 saturated heterocycles. The van der Waals surface area contributed by atoms with Crippen LogP contribution in [0.3, 0.4) is 0 Å². The van der Waals surface area contributed by atoms with Crippen molar-refractivity contribution in [3.05, 3.63) is 28.3 Å². The summed E-state index contributed by atoms with van der Waals surface area (Å²) in [6.45, 7) is 0.719. The first-order valence-electron chi connectivity index (χ1n) is 5.24. The number of hydrogen-bond donors (Lipinski definition) is 2. The molecule has 0 atom stereocenters. The molecule has 0 amide bonds. The van der Waals surface area contributed by atoms with Crippen LogP contribution in [0.1, 0.15) is 6.42 Å². The fourth-order valence-corrected chi connectivity index (χ4v) is 4.27. The van der Waals surface area contributed by atoms with Crippen LogP contribution in [-0.2, 0) is 10.1 Å². The minimum atomic E-state index is -2.57. The Morgan fingerprint density at radius 1 is 1.53 bits per heavy atom. The average Bonchev–Trinajstić information content (AvgIpc) is 2.76. The van der Waals surface area contributed by atoms with E-state index in [1.165, 1.54) is 19.2 Å². The summed E-state index contributed by atoms with van der Waals surface area (Å²) in [6.07, 6.45) is 0.858. The molecule has 0 spiro atoms. The van der Waals surface area contributed by atoms with Crippen LogP contribution in [0.5, 0.6) is 5.75 Å². The van der Waals surface area contributed by atoms with E-state index in [-0.39, 0.29) is 11.4 Å². The molecule has 1 aromatic rings. The van der Waals surface area contributed by atoms with Gasteiger partial charge in [0.2, 0.25) is 0 Å². The van der Waals surface area contributed by atoms with Gasteiger partial charge in [0, 0.05) is 29.3 Å². The van der Waals surface area contributed by atoms with Gasteiger partial charge in [-0.05, 0) is 22.6 Å². The zero-order valence-corrected chi connectivity index (χ0v) is 10.3. The molecule has 94 valence electrons. The molecular weight excluding hydrogens is 244 g/mol. The smallest absolute Gasteiger partial charge is 0.310 e. The Labute approximate surface area is 99.7 Å². The highest BCUT2D eigenvalue weighted by Gasteiger charge is 2.25. The molecule has 0 bridgehead atoms. The van der Waals surface area contributed by atoms with Crippen LogP contribution in [0, 0.1) is 10.1 Å². The Hall–Kier alpha value is -1.47. The van der Waals surface area contributed by atoms with Crippen molar-refractivity contribution >= 4 is 15.8 Å². The summed E-state index contributed by atoms with van der Waals surface area (Å²) in [7, 11) is -1.20. The first kappa shape index (κ1) is 12.0. The van der Waals surface area contributed by atoms with Crippen LogP contribution in [0.15, 0.2) is 23.1 Å². The van der Waals surface area contributed by atoms with E-state index in [2.05, 4.69) is 4.72 Å². The number of ether oxygens (including phenoxy) is 1. The number of nitrogens with zero attached hydrogens (tertiary/aromatic N) is 1. The zero-order chi connectivity index (χ0) is 12.5. The molecule has 0 aromatic heterocycles. The molecule has 1 aliphatic heterocycles. The molecule has 0 unspecified atom stereocenters. The summed E-state index contributed by atoms with van der Waals surface area (Å²) in [4.78, 5) is 10.8. The third kappa shape index (κ3) is 2.16. The van der Waals surface area contributed by atoms with Crippen molar-refractivity contribution in [1.29, 1.82) is 0 Å². The maximum Gasteiger partial charge on any atom is 0.310 e. The van der Waals surface area contributed by atoms with Gasteiger partial charge >= 0.3 is 5.69 Å². The van der Waals surface area contributed by atoms with E-state index in [1.807, 2.05) is 0 Å². The Kier molecular flexibility index (Phi) is 3.12. The quantitative estimate of drug-likeness (QED) is 0.479. The van der Waals surface area contributed by atoms with Crippen molar-refractivity contribution in [2.24, 2.45) is 0 Å². The van der Waals surface area contributed by atoms with Crippen molar-refractivity contribution in [3.8, 4) is 5.75 Å². The molecule has 1 N–H and O–H groups in total. The summed E-state index contributed by atoms with van der Waals surface area (Å²) in [6, 6.07) is 4.38. The minimum absolute atomic E-state index is 0.109. The van der Waals surface area contributed by atoms with Crippen LogP contribution in [0.25, 0.3) is 0 Å². The second-order valence-electron chi connectivity index (χ2n) is 3.84. The zero-order valence-electron chi connectivity index (χ0n) is 9.38. The molecule has 0 radical (unpaired) electrons. The van der Waals surface area contributed by atoms with Crippen LogP contribution < -0.4 is 9.46 Å². The van der Waals surface area contributed by atoms with E-state index in [1.54, 1.807) is 6.07 Å². The molecule has 17 heavy (non-hydrogen) atoms. The van der Waals surface area contributed by atoms with Crippen molar-refractivity contribution in [2.45, 2.75) is 11.3 Å². The Bertz CT molecular complexity index is 493. The number of benzene rings is 1. The maximum absolute atomic E-state index is 12.4. The summed E-state index contributed by atoms with van der Waals surface area (Å²) >= 11 is 0. The molecule has 1 heterocycles. The van der Waals surface area contributed by atoms with E-state index < -0.39 is 15.0 Å². The topological polar surface area (TPSA) is 81.5 Å². The minimum Gasteiger partial charge on any atom is -0.490 e. The average molecular weight is 258 g/mol. The van der Waals surface area contributed by atoms with E-state index in [9.17, 15) is 14.3 Å². The number of nitrogens with one attached hydrogen (secondary N) is 1. The molecule has 0 aliphatic carbocycles. The highest BCUT2D eigenvalue weighted by atomic mass is 32.3. The molecule has 0 saturated carbocycles. The van der Waals surface area contributed by atoms with E-state index >= 15 is 0 Å². The van der Waals surface area contributed by atoms with E-state index in [4.69, 9.17) is 4.74 Å². The summed E-state index contributed by atoms with van der Waals surface area (Å²) in [5.74, 6) is 0.741. The van der Waals surface area contributed by atoms with E-state index in [0.717, 1.165) is 13.0 Å². The molecule has 7 heteroatoms.